The fourth-order valence-electron chi connectivity index (χ4n) is 3.56. The topological polar surface area (TPSA) is 38.5 Å². The summed E-state index contributed by atoms with van der Waals surface area (Å²) in [5, 5.41) is 0. The van der Waals surface area contributed by atoms with E-state index in [0.29, 0.717) is 24.7 Å². The molecule has 1 saturated heterocycles. The molecule has 2 fully saturated rings. The molecule has 1 aliphatic carbocycles. The summed E-state index contributed by atoms with van der Waals surface area (Å²) < 4.78 is 5.97. The highest BCUT2D eigenvalue weighted by Gasteiger charge is 2.37. The zero-order valence-electron chi connectivity index (χ0n) is 11.7. The van der Waals surface area contributed by atoms with Crippen LogP contribution in [0.1, 0.15) is 41.5 Å². The Morgan fingerprint density at radius 1 is 1.42 bits per heavy atom. The third kappa shape index (κ3) is 2.72. The van der Waals surface area contributed by atoms with Crippen molar-refractivity contribution in [2.45, 2.75) is 50.8 Å². The standard InChI is InChI=1S/C15H24N2OS/c1-11-6-7-15(19-11)13(10-16)17-8-9-18-14-5-3-2-4-12(14)17/h6-7,12-14H,2-5,8-10,16H2,1H3. The summed E-state index contributed by atoms with van der Waals surface area (Å²) in [5.74, 6) is 0. The molecule has 1 aromatic heterocycles. The zero-order valence-corrected chi connectivity index (χ0v) is 12.5. The average molecular weight is 280 g/mol. The van der Waals surface area contributed by atoms with Gasteiger partial charge in [0.15, 0.2) is 0 Å². The maximum absolute atomic E-state index is 6.09. The minimum absolute atomic E-state index is 0.383. The number of hydrogen-bond donors (Lipinski definition) is 1. The summed E-state index contributed by atoms with van der Waals surface area (Å²) in [6.45, 7) is 4.77. The van der Waals surface area contributed by atoms with Crippen LogP contribution in [0.15, 0.2) is 12.1 Å². The van der Waals surface area contributed by atoms with Gasteiger partial charge in [0, 0.05) is 28.9 Å². The number of nitrogens with two attached hydrogens (primary N) is 1. The minimum Gasteiger partial charge on any atom is -0.375 e. The van der Waals surface area contributed by atoms with E-state index in [1.165, 1.54) is 35.4 Å². The number of hydrogen-bond acceptors (Lipinski definition) is 4. The summed E-state index contributed by atoms with van der Waals surface area (Å²) in [6.07, 6.45) is 5.59. The Morgan fingerprint density at radius 2 is 2.26 bits per heavy atom. The normalized spacial score (nSPS) is 30.0. The van der Waals surface area contributed by atoms with Crippen molar-refractivity contribution < 1.29 is 4.74 Å². The molecule has 1 aromatic rings. The Hall–Kier alpha value is -0.420. The van der Waals surface area contributed by atoms with Crippen molar-refractivity contribution in [2.75, 3.05) is 19.7 Å². The average Bonchev–Trinajstić information content (AvgIpc) is 2.86. The van der Waals surface area contributed by atoms with Crippen molar-refractivity contribution in [3.63, 3.8) is 0 Å². The molecule has 0 amide bonds. The second-order valence-electron chi connectivity index (χ2n) is 5.70. The van der Waals surface area contributed by atoms with Crippen molar-refractivity contribution in [3.05, 3.63) is 21.9 Å². The molecular weight excluding hydrogens is 256 g/mol. The molecule has 0 aromatic carbocycles. The molecule has 2 heterocycles. The number of ether oxygens (including phenoxy) is 1. The molecule has 0 radical (unpaired) electrons. The van der Waals surface area contributed by atoms with Gasteiger partial charge in [-0.15, -0.1) is 11.3 Å². The quantitative estimate of drug-likeness (QED) is 0.925. The highest BCUT2D eigenvalue weighted by Crippen LogP contribution is 2.35. The fraction of sp³-hybridized carbons (Fsp3) is 0.733. The van der Waals surface area contributed by atoms with E-state index in [4.69, 9.17) is 10.5 Å². The molecule has 1 aliphatic heterocycles. The number of rotatable bonds is 3. The Balaban J connectivity index is 1.81. The smallest absolute Gasteiger partial charge is 0.0731 e. The van der Waals surface area contributed by atoms with Gasteiger partial charge in [-0.2, -0.15) is 0 Å². The predicted molar refractivity (Wildman–Crippen MR) is 79.6 cm³/mol. The molecule has 106 valence electrons. The summed E-state index contributed by atoms with van der Waals surface area (Å²) in [7, 11) is 0. The summed E-state index contributed by atoms with van der Waals surface area (Å²) >= 11 is 1.89. The van der Waals surface area contributed by atoms with Crippen LogP contribution in [-0.4, -0.2) is 36.7 Å². The number of nitrogens with zero attached hydrogens (tertiary/aromatic N) is 1. The van der Waals surface area contributed by atoms with Crippen LogP contribution in [0.25, 0.3) is 0 Å². The molecule has 3 nitrogen and oxygen atoms in total. The molecule has 4 heteroatoms. The maximum Gasteiger partial charge on any atom is 0.0731 e. The van der Waals surface area contributed by atoms with E-state index >= 15 is 0 Å². The lowest BCUT2D eigenvalue weighted by atomic mass is 9.89. The molecule has 3 atom stereocenters. The van der Waals surface area contributed by atoms with Crippen LogP contribution < -0.4 is 5.73 Å². The third-order valence-electron chi connectivity index (χ3n) is 4.49. The lowest BCUT2D eigenvalue weighted by molar-refractivity contribution is -0.102. The molecule has 0 bridgehead atoms. The van der Waals surface area contributed by atoms with Crippen LogP contribution in [0.5, 0.6) is 0 Å². The lowest BCUT2D eigenvalue weighted by Crippen LogP contribution is -2.54. The number of morpholine rings is 1. The van der Waals surface area contributed by atoms with E-state index in [0.717, 1.165) is 13.2 Å². The molecule has 19 heavy (non-hydrogen) atoms. The van der Waals surface area contributed by atoms with Gasteiger partial charge < -0.3 is 10.5 Å². The number of thiophene rings is 1. The van der Waals surface area contributed by atoms with Crippen molar-refractivity contribution in [1.82, 2.24) is 4.90 Å². The Labute approximate surface area is 119 Å². The highest BCUT2D eigenvalue weighted by atomic mass is 32.1. The minimum atomic E-state index is 0.383. The summed E-state index contributed by atoms with van der Waals surface area (Å²) in [4.78, 5) is 5.42. The molecule has 3 unspecified atom stereocenters. The van der Waals surface area contributed by atoms with E-state index in [9.17, 15) is 0 Å². The monoisotopic (exact) mass is 280 g/mol. The molecule has 0 spiro atoms. The van der Waals surface area contributed by atoms with Gasteiger partial charge in [0.2, 0.25) is 0 Å². The first kappa shape index (κ1) is 13.6. The van der Waals surface area contributed by atoms with Gasteiger partial charge in [-0.05, 0) is 31.9 Å². The molecular formula is C15H24N2OS. The van der Waals surface area contributed by atoms with Crippen LogP contribution in [0.2, 0.25) is 0 Å². The fourth-order valence-corrected chi connectivity index (χ4v) is 4.57. The molecule has 2 aliphatic rings. The summed E-state index contributed by atoms with van der Waals surface area (Å²) in [6, 6.07) is 5.43. The first-order valence-corrected chi connectivity index (χ1v) is 8.25. The van der Waals surface area contributed by atoms with Gasteiger partial charge in [0.05, 0.1) is 18.8 Å². The van der Waals surface area contributed by atoms with Gasteiger partial charge >= 0.3 is 0 Å². The van der Waals surface area contributed by atoms with Gasteiger partial charge in [-0.3, -0.25) is 4.90 Å². The van der Waals surface area contributed by atoms with Crippen molar-refractivity contribution in [3.8, 4) is 0 Å². The van der Waals surface area contributed by atoms with Gasteiger partial charge in [-0.1, -0.05) is 12.8 Å². The third-order valence-corrected chi connectivity index (χ3v) is 5.59. The first-order valence-electron chi connectivity index (χ1n) is 7.43. The molecule has 1 saturated carbocycles. The first-order chi connectivity index (χ1) is 9.29. The lowest BCUT2D eigenvalue weighted by Gasteiger charge is -2.46. The Morgan fingerprint density at radius 3 is 3.00 bits per heavy atom. The summed E-state index contributed by atoms with van der Waals surface area (Å²) in [5.41, 5.74) is 6.09. The van der Waals surface area contributed by atoms with Crippen molar-refractivity contribution in [2.24, 2.45) is 5.73 Å². The van der Waals surface area contributed by atoms with Gasteiger partial charge in [0.25, 0.3) is 0 Å². The highest BCUT2D eigenvalue weighted by molar-refractivity contribution is 7.12. The van der Waals surface area contributed by atoms with Crippen molar-refractivity contribution >= 4 is 11.3 Å². The predicted octanol–water partition coefficient (Wildman–Crippen LogP) is 2.70. The van der Waals surface area contributed by atoms with Crippen LogP contribution in [0.3, 0.4) is 0 Å². The Bertz CT molecular complexity index is 418. The van der Waals surface area contributed by atoms with E-state index in [1.807, 2.05) is 11.3 Å². The van der Waals surface area contributed by atoms with E-state index in [-0.39, 0.29) is 0 Å². The van der Waals surface area contributed by atoms with Crippen LogP contribution in [-0.2, 0) is 4.74 Å². The van der Waals surface area contributed by atoms with Crippen LogP contribution in [0, 0.1) is 6.92 Å². The largest absolute Gasteiger partial charge is 0.375 e. The Kier molecular flexibility index (Phi) is 4.22. The molecule has 3 rings (SSSR count). The molecule has 2 N–H and O–H groups in total. The van der Waals surface area contributed by atoms with Crippen LogP contribution >= 0.6 is 11.3 Å². The maximum atomic E-state index is 6.09. The second-order valence-corrected chi connectivity index (χ2v) is 7.02. The van der Waals surface area contributed by atoms with Crippen molar-refractivity contribution in [1.29, 1.82) is 0 Å². The zero-order chi connectivity index (χ0) is 13.2. The SMILES string of the molecule is Cc1ccc(C(CN)N2CCOC3CCCCC32)s1. The van der Waals surface area contributed by atoms with E-state index in [1.54, 1.807) is 0 Å². The van der Waals surface area contributed by atoms with E-state index < -0.39 is 0 Å². The van der Waals surface area contributed by atoms with E-state index in [2.05, 4.69) is 24.0 Å². The van der Waals surface area contributed by atoms with Crippen LogP contribution in [0.4, 0.5) is 0 Å². The number of aryl methyl sites for hydroxylation is 1. The number of fused-ring (bicyclic) bond motifs is 1. The second kappa shape index (κ2) is 5.92. The van der Waals surface area contributed by atoms with Gasteiger partial charge in [0.1, 0.15) is 0 Å². The van der Waals surface area contributed by atoms with Gasteiger partial charge in [-0.25, -0.2) is 0 Å².